The van der Waals surface area contributed by atoms with Crippen LogP contribution >= 0.6 is 0 Å². The predicted octanol–water partition coefficient (Wildman–Crippen LogP) is 2.05. The standard InChI is InChI=1S/C19H28N4O2/c1-15-5-3-6-16(2)19(15)25-12-18(24)11-22-8-4-7-17(9-22)10-23-14-20-13-21-23/h3,5-6,13-14,17-18,24H,4,7-12H2,1-2H3/t17-,18-/m0/s1. The summed E-state index contributed by atoms with van der Waals surface area (Å²) >= 11 is 0. The summed E-state index contributed by atoms with van der Waals surface area (Å²) in [5.74, 6) is 1.45. The Morgan fingerprint density at radius 1 is 1.32 bits per heavy atom. The average molecular weight is 344 g/mol. The minimum Gasteiger partial charge on any atom is -0.490 e. The fourth-order valence-electron chi connectivity index (χ4n) is 3.61. The van der Waals surface area contributed by atoms with Crippen LogP contribution in [0.2, 0.25) is 0 Å². The number of likely N-dealkylation sites (tertiary alicyclic amines) is 1. The first-order chi connectivity index (χ1) is 12.1. The Bertz CT molecular complexity index is 639. The third-order valence-corrected chi connectivity index (χ3v) is 4.81. The molecular formula is C19H28N4O2. The summed E-state index contributed by atoms with van der Waals surface area (Å²) in [6.07, 6.45) is 5.22. The quantitative estimate of drug-likeness (QED) is 0.833. The molecule has 0 radical (unpaired) electrons. The van der Waals surface area contributed by atoms with Gasteiger partial charge >= 0.3 is 0 Å². The van der Waals surface area contributed by atoms with E-state index in [1.54, 1.807) is 12.7 Å². The van der Waals surface area contributed by atoms with Gasteiger partial charge in [0.1, 0.15) is 31.1 Å². The molecule has 1 aliphatic rings. The average Bonchev–Trinajstić information content (AvgIpc) is 3.07. The molecule has 1 aliphatic heterocycles. The van der Waals surface area contributed by atoms with Crippen LogP contribution in [0.15, 0.2) is 30.9 Å². The fourth-order valence-corrected chi connectivity index (χ4v) is 3.61. The zero-order valence-corrected chi connectivity index (χ0v) is 15.1. The number of aromatic nitrogens is 3. The SMILES string of the molecule is Cc1cccc(C)c1OC[C@@H](O)CN1CCC[C@H](Cn2cncn2)C1. The summed E-state index contributed by atoms with van der Waals surface area (Å²) in [4.78, 5) is 6.34. The lowest BCUT2D eigenvalue weighted by molar-refractivity contribution is 0.0491. The van der Waals surface area contributed by atoms with Gasteiger partial charge in [-0.05, 0) is 50.3 Å². The van der Waals surface area contributed by atoms with Gasteiger partial charge in [0.05, 0.1) is 0 Å². The largest absolute Gasteiger partial charge is 0.490 e. The number of hydrogen-bond donors (Lipinski definition) is 1. The van der Waals surface area contributed by atoms with E-state index < -0.39 is 6.10 Å². The third-order valence-electron chi connectivity index (χ3n) is 4.81. The third kappa shape index (κ3) is 5.03. The zero-order valence-electron chi connectivity index (χ0n) is 15.1. The van der Waals surface area contributed by atoms with Crippen molar-refractivity contribution in [3.05, 3.63) is 42.0 Å². The van der Waals surface area contributed by atoms with Crippen LogP contribution in [0.1, 0.15) is 24.0 Å². The van der Waals surface area contributed by atoms with Crippen molar-refractivity contribution >= 4 is 0 Å². The van der Waals surface area contributed by atoms with E-state index in [-0.39, 0.29) is 0 Å². The highest BCUT2D eigenvalue weighted by atomic mass is 16.5. The van der Waals surface area contributed by atoms with Crippen molar-refractivity contribution in [1.29, 1.82) is 0 Å². The number of aryl methyl sites for hydroxylation is 2. The number of rotatable bonds is 7. The maximum absolute atomic E-state index is 10.4. The van der Waals surface area contributed by atoms with E-state index >= 15 is 0 Å². The molecule has 6 heteroatoms. The van der Waals surface area contributed by atoms with Gasteiger partial charge in [-0.15, -0.1) is 0 Å². The van der Waals surface area contributed by atoms with Crippen molar-refractivity contribution in [2.75, 3.05) is 26.2 Å². The molecule has 1 aromatic heterocycles. The highest BCUT2D eigenvalue weighted by Gasteiger charge is 2.22. The van der Waals surface area contributed by atoms with Crippen LogP contribution in [0.4, 0.5) is 0 Å². The molecule has 0 amide bonds. The van der Waals surface area contributed by atoms with Gasteiger partial charge in [0.2, 0.25) is 0 Å². The van der Waals surface area contributed by atoms with Gasteiger partial charge in [0.25, 0.3) is 0 Å². The number of piperidine rings is 1. The smallest absolute Gasteiger partial charge is 0.137 e. The lowest BCUT2D eigenvalue weighted by Crippen LogP contribution is -2.42. The number of nitrogens with zero attached hydrogens (tertiary/aromatic N) is 4. The summed E-state index contributed by atoms with van der Waals surface area (Å²) in [6.45, 7) is 7.97. The molecule has 1 fully saturated rings. The van der Waals surface area contributed by atoms with Crippen LogP contribution in [0, 0.1) is 19.8 Å². The minimum atomic E-state index is -0.482. The van der Waals surface area contributed by atoms with E-state index in [2.05, 4.69) is 15.0 Å². The number of β-amino-alcohol motifs (C(OH)–C–C–N with tert-alkyl or cyclic N) is 1. The number of aliphatic hydroxyl groups is 1. The Hall–Kier alpha value is -1.92. The molecule has 0 unspecified atom stereocenters. The van der Waals surface area contributed by atoms with Crippen molar-refractivity contribution in [1.82, 2.24) is 19.7 Å². The molecule has 136 valence electrons. The van der Waals surface area contributed by atoms with Gasteiger partial charge in [-0.2, -0.15) is 5.10 Å². The molecule has 3 rings (SSSR count). The topological polar surface area (TPSA) is 63.4 Å². The van der Waals surface area contributed by atoms with Gasteiger partial charge in [-0.25, -0.2) is 4.98 Å². The lowest BCUT2D eigenvalue weighted by atomic mass is 9.98. The van der Waals surface area contributed by atoms with Crippen LogP contribution in [-0.2, 0) is 6.54 Å². The number of hydrogen-bond acceptors (Lipinski definition) is 5. The van der Waals surface area contributed by atoms with Gasteiger partial charge in [0.15, 0.2) is 0 Å². The normalized spacial score (nSPS) is 19.7. The highest BCUT2D eigenvalue weighted by Crippen LogP contribution is 2.23. The van der Waals surface area contributed by atoms with Crippen LogP contribution in [0.25, 0.3) is 0 Å². The van der Waals surface area contributed by atoms with Crippen molar-refractivity contribution in [2.24, 2.45) is 5.92 Å². The number of ether oxygens (including phenoxy) is 1. The molecule has 1 saturated heterocycles. The molecule has 1 N–H and O–H groups in total. The molecule has 1 aromatic carbocycles. The van der Waals surface area contributed by atoms with E-state index in [1.165, 1.54) is 6.42 Å². The highest BCUT2D eigenvalue weighted by molar-refractivity contribution is 5.39. The van der Waals surface area contributed by atoms with E-state index in [9.17, 15) is 5.11 Å². The molecule has 0 saturated carbocycles. The maximum atomic E-state index is 10.4. The molecule has 2 aromatic rings. The first-order valence-electron chi connectivity index (χ1n) is 9.03. The second-order valence-electron chi connectivity index (χ2n) is 7.07. The second-order valence-corrected chi connectivity index (χ2v) is 7.07. The monoisotopic (exact) mass is 344 g/mol. The predicted molar refractivity (Wildman–Crippen MR) is 96.6 cm³/mol. The molecule has 0 bridgehead atoms. The lowest BCUT2D eigenvalue weighted by Gasteiger charge is -2.33. The van der Waals surface area contributed by atoms with Gasteiger partial charge < -0.3 is 14.7 Å². The van der Waals surface area contributed by atoms with E-state index in [4.69, 9.17) is 4.74 Å². The molecule has 25 heavy (non-hydrogen) atoms. The minimum absolute atomic E-state index is 0.329. The van der Waals surface area contributed by atoms with Crippen molar-refractivity contribution < 1.29 is 9.84 Å². The van der Waals surface area contributed by atoms with E-state index in [0.717, 1.165) is 42.9 Å². The maximum Gasteiger partial charge on any atom is 0.137 e. The number of benzene rings is 1. The van der Waals surface area contributed by atoms with E-state index in [0.29, 0.717) is 19.1 Å². The summed E-state index contributed by atoms with van der Waals surface area (Å²) in [5, 5.41) is 14.6. The van der Waals surface area contributed by atoms with Gasteiger partial charge in [0, 0.05) is 19.6 Å². The number of aliphatic hydroxyl groups excluding tert-OH is 1. The number of para-hydroxylation sites is 1. The van der Waals surface area contributed by atoms with Crippen LogP contribution in [0.5, 0.6) is 5.75 Å². The molecule has 0 spiro atoms. The van der Waals surface area contributed by atoms with Crippen LogP contribution in [-0.4, -0.2) is 57.1 Å². The summed E-state index contributed by atoms with van der Waals surface area (Å²) in [6, 6.07) is 6.10. The van der Waals surface area contributed by atoms with Gasteiger partial charge in [-0.3, -0.25) is 4.68 Å². The Balaban J connectivity index is 1.46. The Morgan fingerprint density at radius 2 is 2.12 bits per heavy atom. The van der Waals surface area contributed by atoms with Crippen molar-refractivity contribution in [3.8, 4) is 5.75 Å². The van der Waals surface area contributed by atoms with Crippen molar-refractivity contribution in [2.45, 2.75) is 39.3 Å². The van der Waals surface area contributed by atoms with Gasteiger partial charge in [-0.1, -0.05) is 18.2 Å². The Morgan fingerprint density at radius 3 is 2.84 bits per heavy atom. The van der Waals surface area contributed by atoms with Crippen molar-refractivity contribution in [3.63, 3.8) is 0 Å². The summed E-state index contributed by atoms with van der Waals surface area (Å²) in [5.41, 5.74) is 2.22. The molecular weight excluding hydrogens is 316 g/mol. The Kier molecular flexibility index (Phi) is 6.04. The molecule has 0 aliphatic carbocycles. The molecule has 6 nitrogen and oxygen atoms in total. The first-order valence-corrected chi connectivity index (χ1v) is 9.03. The first kappa shape index (κ1) is 17.9. The second kappa shape index (κ2) is 8.45. The Labute approximate surface area is 149 Å². The molecule has 2 heterocycles. The fraction of sp³-hybridized carbons (Fsp3) is 0.579. The van der Waals surface area contributed by atoms with Crippen LogP contribution < -0.4 is 4.74 Å². The summed E-state index contributed by atoms with van der Waals surface area (Å²) in [7, 11) is 0. The molecule has 2 atom stereocenters. The summed E-state index contributed by atoms with van der Waals surface area (Å²) < 4.78 is 7.78. The zero-order chi connectivity index (χ0) is 17.6. The van der Waals surface area contributed by atoms with Crippen LogP contribution in [0.3, 0.4) is 0 Å². The van der Waals surface area contributed by atoms with E-state index in [1.807, 2.05) is 36.7 Å².